The van der Waals surface area contributed by atoms with Gasteiger partial charge in [-0.2, -0.15) is 0 Å². The average Bonchev–Trinajstić information content (AvgIpc) is 2.53. The highest BCUT2D eigenvalue weighted by Crippen LogP contribution is 2.30. The number of methoxy groups -OCH3 is 1. The Hall–Kier alpha value is -1.85. The molecule has 0 aromatic heterocycles. The van der Waals surface area contributed by atoms with Crippen LogP contribution < -0.4 is 0 Å². The number of amides is 1. The van der Waals surface area contributed by atoms with Crippen LogP contribution in [0.25, 0.3) is 0 Å². The molecule has 3 unspecified atom stereocenters. The number of allylic oxidation sites excluding steroid dienone is 2. The Balaban J connectivity index is 2.17. The number of rotatable bonds is 3. The number of carboxylic acids is 1. The van der Waals surface area contributed by atoms with Crippen LogP contribution in [0.2, 0.25) is 0 Å². The van der Waals surface area contributed by atoms with Crippen molar-refractivity contribution in [1.29, 1.82) is 0 Å². The van der Waals surface area contributed by atoms with Crippen LogP contribution in [-0.2, 0) is 19.1 Å². The Morgan fingerprint density at radius 3 is 2.43 bits per heavy atom. The maximum absolute atomic E-state index is 12.7. The predicted molar refractivity (Wildman–Crippen MR) is 74.4 cm³/mol. The van der Waals surface area contributed by atoms with Gasteiger partial charge in [-0.25, -0.2) is 4.79 Å². The largest absolute Gasteiger partial charge is 0.481 e. The molecule has 116 valence electrons. The number of esters is 1. The van der Waals surface area contributed by atoms with Gasteiger partial charge in [0, 0.05) is 6.54 Å². The van der Waals surface area contributed by atoms with Gasteiger partial charge >= 0.3 is 11.9 Å². The van der Waals surface area contributed by atoms with E-state index in [-0.39, 0.29) is 5.91 Å². The highest BCUT2D eigenvalue weighted by molar-refractivity contribution is 5.89. The number of ether oxygens (including phenoxy) is 1. The number of aliphatic carboxylic acids is 1. The van der Waals surface area contributed by atoms with Crippen molar-refractivity contribution < 1.29 is 24.2 Å². The van der Waals surface area contributed by atoms with E-state index in [1.54, 1.807) is 6.08 Å². The SMILES string of the molecule is COC(=O)C1CCCCN1C(=O)C1CC=CCC1C(=O)O. The van der Waals surface area contributed by atoms with E-state index in [1.807, 2.05) is 6.08 Å². The average molecular weight is 295 g/mol. The molecule has 21 heavy (non-hydrogen) atoms. The Morgan fingerprint density at radius 1 is 1.14 bits per heavy atom. The molecule has 2 aliphatic rings. The summed E-state index contributed by atoms with van der Waals surface area (Å²) >= 11 is 0. The van der Waals surface area contributed by atoms with Crippen molar-refractivity contribution in [3.05, 3.63) is 12.2 Å². The van der Waals surface area contributed by atoms with Gasteiger partial charge in [0.05, 0.1) is 18.9 Å². The zero-order valence-electron chi connectivity index (χ0n) is 12.2. The first-order valence-electron chi connectivity index (χ1n) is 7.32. The van der Waals surface area contributed by atoms with E-state index in [4.69, 9.17) is 4.74 Å². The summed E-state index contributed by atoms with van der Waals surface area (Å²) in [7, 11) is 1.31. The van der Waals surface area contributed by atoms with Gasteiger partial charge in [0.15, 0.2) is 0 Å². The molecule has 0 spiro atoms. The van der Waals surface area contributed by atoms with Crippen LogP contribution >= 0.6 is 0 Å². The summed E-state index contributed by atoms with van der Waals surface area (Å²) in [5, 5.41) is 9.28. The van der Waals surface area contributed by atoms with Gasteiger partial charge in [-0.3, -0.25) is 9.59 Å². The third-order valence-electron chi connectivity index (χ3n) is 4.33. The first-order valence-corrected chi connectivity index (χ1v) is 7.32. The summed E-state index contributed by atoms with van der Waals surface area (Å²) in [4.78, 5) is 37.4. The Labute approximate surface area is 123 Å². The molecule has 1 aliphatic carbocycles. The second-order valence-corrected chi connectivity index (χ2v) is 5.56. The normalized spacial score (nSPS) is 29.0. The maximum atomic E-state index is 12.7. The Kier molecular flexibility index (Phi) is 4.98. The van der Waals surface area contributed by atoms with Gasteiger partial charge in [0.25, 0.3) is 0 Å². The molecule has 1 heterocycles. The molecular weight excluding hydrogens is 274 g/mol. The van der Waals surface area contributed by atoms with E-state index in [9.17, 15) is 19.5 Å². The van der Waals surface area contributed by atoms with Crippen molar-refractivity contribution in [2.45, 2.75) is 38.1 Å². The quantitative estimate of drug-likeness (QED) is 0.625. The molecule has 2 rings (SSSR count). The molecule has 0 radical (unpaired) electrons. The maximum Gasteiger partial charge on any atom is 0.328 e. The van der Waals surface area contributed by atoms with Crippen molar-refractivity contribution in [2.24, 2.45) is 11.8 Å². The molecule has 6 nitrogen and oxygen atoms in total. The van der Waals surface area contributed by atoms with E-state index in [2.05, 4.69) is 0 Å². The summed E-state index contributed by atoms with van der Waals surface area (Å²) in [6.45, 7) is 0.491. The number of carbonyl (C=O) groups is 3. The zero-order valence-corrected chi connectivity index (χ0v) is 12.2. The van der Waals surface area contributed by atoms with Crippen LogP contribution in [0.15, 0.2) is 12.2 Å². The standard InChI is InChI=1S/C15H21NO5/c1-21-15(20)12-8-4-5-9-16(12)13(17)10-6-2-3-7-11(10)14(18)19/h2-3,10-12H,4-9H2,1H3,(H,18,19). The van der Waals surface area contributed by atoms with Gasteiger partial charge in [0.1, 0.15) is 6.04 Å². The topological polar surface area (TPSA) is 83.9 Å². The highest BCUT2D eigenvalue weighted by atomic mass is 16.5. The minimum Gasteiger partial charge on any atom is -0.481 e. The number of likely N-dealkylation sites (tertiary alicyclic amines) is 1. The van der Waals surface area contributed by atoms with Crippen molar-refractivity contribution in [3.63, 3.8) is 0 Å². The lowest BCUT2D eigenvalue weighted by molar-refractivity contribution is -0.159. The highest BCUT2D eigenvalue weighted by Gasteiger charge is 2.41. The summed E-state index contributed by atoms with van der Waals surface area (Å²) < 4.78 is 4.77. The molecule has 1 N–H and O–H groups in total. The van der Waals surface area contributed by atoms with Gasteiger partial charge in [0.2, 0.25) is 5.91 Å². The van der Waals surface area contributed by atoms with Crippen LogP contribution in [0.1, 0.15) is 32.1 Å². The molecule has 1 aliphatic heterocycles. The molecule has 1 amide bonds. The molecule has 1 fully saturated rings. The van der Waals surface area contributed by atoms with E-state index in [0.717, 1.165) is 12.8 Å². The Bertz CT molecular complexity index is 459. The number of piperidine rings is 1. The molecule has 1 saturated heterocycles. The van der Waals surface area contributed by atoms with Gasteiger partial charge < -0.3 is 14.7 Å². The zero-order chi connectivity index (χ0) is 15.4. The third-order valence-corrected chi connectivity index (χ3v) is 4.33. The summed E-state index contributed by atoms with van der Waals surface area (Å²) in [6.07, 6.45) is 6.72. The first kappa shape index (κ1) is 15.5. The van der Waals surface area contributed by atoms with Crippen LogP contribution in [0.4, 0.5) is 0 Å². The third kappa shape index (κ3) is 3.25. The smallest absolute Gasteiger partial charge is 0.328 e. The lowest BCUT2D eigenvalue weighted by Gasteiger charge is -2.37. The van der Waals surface area contributed by atoms with Crippen molar-refractivity contribution in [2.75, 3.05) is 13.7 Å². The molecule has 0 saturated carbocycles. The van der Waals surface area contributed by atoms with Crippen LogP contribution in [0.3, 0.4) is 0 Å². The fourth-order valence-corrected chi connectivity index (χ4v) is 3.15. The number of hydrogen-bond acceptors (Lipinski definition) is 4. The van der Waals surface area contributed by atoms with E-state index < -0.39 is 29.8 Å². The van der Waals surface area contributed by atoms with Gasteiger partial charge in [-0.05, 0) is 32.1 Å². The molecular formula is C15H21NO5. The van der Waals surface area contributed by atoms with Gasteiger partial charge in [-0.1, -0.05) is 12.2 Å². The van der Waals surface area contributed by atoms with E-state index in [1.165, 1.54) is 12.0 Å². The lowest BCUT2D eigenvalue weighted by atomic mass is 9.81. The minimum atomic E-state index is -0.954. The fraction of sp³-hybridized carbons (Fsp3) is 0.667. The monoisotopic (exact) mass is 295 g/mol. The second kappa shape index (κ2) is 6.74. The summed E-state index contributed by atoms with van der Waals surface area (Å²) in [6, 6.07) is -0.573. The van der Waals surface area contributed by atoms with Gasteiger partial charge in [-0.15, -0.1) is 0 Å². The summed E-state index contributed by atoms with van der Waals surface area (Å²) in [5.74, 6) is -2.90. The number of hydrogen-bond donors (Lipinski definition) is 1. The van der Waals surface area contributed by atoms with Crippen molar-refractivity contribution in [1.82, 2.24) is 4.90 Å². The first-order chi connectivity index (χ1) is 10.1. The van der Waals surface area contributed by atoms with Crippen LogP contribution in [-0.4, -0.2) is 47.5 Å². The van der Waals surface area contributed by atoms with E-state index >= 15 is 0 Å². The molecule has 6 heteroatoms. The molecule has 0 bridgehead atoms. The number of carboxylic acid groups (broad SMARTS) is 1. The molecule has 0 aromatic rings. The van der Waals surface area contributed by atoms with Crippen molar-refractivity contribution in [3.8, 4) is 0 Å². The molecule has 0 aromatic carbocycles. The van der Waals surface area contributed by atoms with Crippen LogP contribution in [0.5, 0.6) is 0 Å². The fourth-order valence-electron chi connectivity index (χ4n) is 3.15. The lowest BCUT2D eigenvalue weighted by Crippen LogP contribution is -2.52. The van der Waals surface area contributed by atoms with Crippen LogP contribution in [0, 0.1) is 11.8 Å². The summed E-state index contributed by atoms with van der Waals surface area (Å²) in [5.41, 5.74) is 0. The minimum absolute atomic E-state index is 0.234. The Morgan fingerprint density at radius 2 is 1.81 bits per heavy atom. The number of carbonyl (C=O) groups excluding carboxylic acids is 2. The predicted octanol–water partition coefficient (Wildman–Crippen LogP) is 1.21. The van der Waals surface area contributed by atoms with Crippen molar-refractivity contribution >= 4 is 17.8 Å². The van der Waals surface area contributed by atoms with E-state index in [0.29, 0.717) is 25.8 Å². The number of nitrogens with zero attached hydrogens (tertiary/aromatic N) is 1. The molecule has 3 atom stereocenters. The second-order valence-electron chi connectivity index (χ2n) is 5.56.